The molecule has 1 fully saturated rings. The third-order valence-electron chi connectivity index (χ3n) is 3.50. The summed E-state index contributed by atoms with van der Waals surface area (Å²) in [5.74, 6) is -1.30. The van der Waals surface area contributed by atoms with Gasteiger partial charge in [-0.25, -0.2) is 9.78 Å². The molecule has 0 spiro atoms. The lowest BCUT2D eigenvalue weighted by molar-refractivity contribution is -0.142. The van der Waals surface area contributed by atoms with Crippen molar-refractivity contribution < 1.29 is 14.7 Å². The van der Waals surface area contributed by atoms with Crippen molar-refractivity contribution in [1.29, 1.82) is 0 Å². The fourth-order valence-electron chi connectivity index (χ4n) is 2.40. The smallest absolute Gasteiger partial charge is 0.315 e. The molecule has 2 unspecified atom stereocenters. The highest BCUT2D eigenvalue weighted by molar-refractivity contribution is 7.11. The highest BCUT2D eigenvalue weighted by atomic mass is 32.1. The molecule has 20 heavy (non-hydrogen) atoms. The zero-order valence-electron chi connectivity index (χ0n) is 11.4. The van der Waals surface area contributed by atoms with Crippen molar-refractivity contribution in [2.45, 2.75) is 45.2 Å². The predicted molar refractivity (Wildman–Crippen MR) is 75.6 cm³/mol. The van der Waals surface area contributed by atoms with Crippen LogP contribution in [0.3, 0.4) is 0 Å². The molecular weight excluding hydrogens is 278 g/mol. The largest absolute Gasteiger partial charge is 0.481 e. The van der Waals surface area contributed by atoms with Crippen molar-refractivity contribution in [2.24, 2.45) is 5.92 Å². The van der Waals surface area contributed by atoms with E-state index in [0.717, 1.165) is 24.3 Å². The first-order chi connectivity index (χ1) is 9.60. The Bertz CT molecular complexity index is 489. The van der Waals surface area contributed by atoms with E-state index in [1.807, 2.05) is 6.20 Å². The fraction of sp³-hybridized carbons (Fsp3) is 0.615. The number of aromatic nitrogens is 1. The number of carboxylic acid groups (broad SMARTS) is 1. The molecular formula is C13H19N3O3S. The van der Waals surface area contributed by atoms with Gasteiger partial charge < -0.3 is 15.7 Å². The lowest BCUT2D eigenvalue weighted by Crippen LogP contribution is -2.45. The van der Waals surface area contributed by atoms with E-state index < -0.39 is 11.9 Å². The summed E-state index contributed by atoms with van der Waals surface area (Å²) in [7, 11) is 0. The first-order valence-electron chi connectivity index (χ1n) is 6.81. The van der Waals surface area contributed by atoms with E-state index in [1.165, 1.54) is 4.88 Å². The molecule has 110 valence electrons. The first-order valence-corrected chi connectivity index (χ1v) is 7.62. The number of nitrogens with one attached hydrogen (secondary N) is 2. The number of rotatable bonds is 5. The fourth-order valence-corrected chi connectivity index (χ4v) is 3.20. The van der Waals surface area contributed by atoms with Gasteiger partial charge in [-0.3, -0.25) is 4.79 Å². The molecule has 1 aliphatic carbocycles. The molecule has 6 nitrogen and oxygen atoms in total. The van der Waals surface area contributed by atoms with Gasteiger partial charge in [0, 0.05) is 17.1 Å². The number of carboxylic acids is 1. The van der Waals surface area contributed by atoms with Gasteiger partial charge in [-0.1, -0.05) is 13.3 Å². The number of aliphatic carboxylic acids is 1. The standard InChI is InChI=1S/C13H19N3O3S/c1-2-8-6-14-11(20-8)7-15-13(19)16-10-5-3-4-9(10)12(17)18/h6,9-10H,2-5,7H2,1H3,(H,17,18)(H2,15,16,19). The van der Waals surface area contributed by atoms with Gasteiger partial charge in [0.15, 0.2) is 0 Å². The maximum Gasteiger partial charge on any atom is 0.315 e. The SMILES string of the molecule is CCc1cnc(CNC(=O)NC2CCCC2C(=O)O)s1. The molecule has 2 atom stereocenters. The number of thiazole rings is 1. The maximum atomic E-state index is 11.8. The second-order valence-corrected chi connectivity index (χ2v) is 6.08. The van der Waals surface area contributed by atoms with Crippen LogP contribution in [0.2, 0.25) is 0 Å². The van der Waals surface area contributed by atoms with E-state index in [4.69, 9.17) is 5.11 Å². The molecule has 0 radical (unpaired) electrons. The predicted octanol–water partition coefficient (Wildman–Crippen LogP) is 1.76. The second-order valence-electron chi connectivity index (χ2n) is 4.88. The minimum absolute atomic E-state index is 0.269. The van der Waals surface area contributed by atoms with Crippen LogP contribution in [0.5, 0.6) is 0 Å². The number of aryl methyl sites for hydroxylation is 1. The summed E-state index contributed by atoms with van der Waals surface area (Å²) < 4.78 is 0. The van der Waals surface area contributed by atoms with Crippen LogP contribution in [-0.2, 0) is 17.8 Å². The molecule has 1 aromatic rings. The lowest BCUT2D eigenvalue weighted by atomic mass is 10.0. The highest BCUT2D eigenvalue weighted by Gasteiger charge is 2.33. The monoisotopic (exact) mass is 297 g/mol. The van der Waals surface area contributed by atoms with Crippen molar-refractivity contribution in [1.82, 2.24) is 15.6 Å². The van der Waals surface area contributed by atoms with Crippen molar-refractivity contribution in [2.75, 3.05) is 0 Å². The Morgan fingerprint density at radius 3 is 2.95 bits per heavy atom. The van der Waals surface area contributed by atoms with Gasteiger partial charge in [-0.05, 0) is 19.3 Å². The number of nitrogens with zero attached hydrogens (tertiary/aromatic N) is 1. The third kappa shape index (κ3) is 3.69. The molecule has 1 aliphatic rings. The summed E-state index contributed by atoms with van der Waals surface area (Å²) in [6, 6.07) is -0.591. The van der Waals surface area contributed by atoms with Gasteiger partial charge in [-0.15, -0.1) is 11.3 Å². The minimum atomic E-state index is -0.833. The van der Waals surface area contributed by atoms with Crippen molar-refractivity contribution in [3.8, 4) is 0 Å². The minimum Gasteiger partial charge on any atom is -0.481 e. The van der Waals surface area contributed by atoms with Gasteiger partial charge >= 0.3 is 12.0 Å². The number of carbonyl (C=O) groups excluding carboxylic acids is 1. The van der Waals surface area contributed by atoms with Crippen LogP contribution >= 0.6 is 11.3 Å². The first kappa shape index (κ1) is 14.8. The van der Waals surface area contributed by atoms with Crippen molar-refractivity contribution in [3.05, 3.63) is 16.1 Å². The summed E-state index contributed by atoms with van der Waals surface area (Å²) in [6.45, 7) is 2.44. The Morgan fingerprint density at radius 2 is 2.30 bits per heavy atom. The zero-order valence-corrected chi connectivity index (χ0v) is 12.2. The van der Waals surface area contributed by atoms with Crippen LogP contribution in [0.4, 0.5) is 4.79 Å². The van der Waals surface area contributed by atoms with Gasteiger partial charge in [0.05, 0.1) is 12.5 Å². The molecule has 7 heteroatoms. The van der Waals surface area contributed by atoms with Crippen LogP contribution in [0.1, 0.15) is 36.1 Å². The Morgan fingerprint density at radius 1 is 1.50 bits per heavy atom. The van der Waals surface area contributed by atoms with Crippen LogP contribution in [-0.4, -0.2) is 28.1 Å². The number of urea groups is 1. The molecule has 2 amide bonds. The van der Waals surface area contributed by atoms with Gasteiger partial charge in [0.25, 0.3) is 0 Å². The molecule has 1 aromatic heterocycles. The van der Waals surface area contributed by atoms with Crippen LogP contribution in [0, 0.1) is 5.92 Å². The molecule has 3 N–H and O–H groups in total. The van der Waals surface area contributed by atoms with Gasteiger partial charge in [-0.2, -0.15) is 0 Å². The molecule has 0 bridgehead atoms. The van der Waals surface area contributed by atoms with Crippen molar-refractivity contribution in [3.63, 3.8) is 0 Å². The van der Waals surface area contributed by atoms with Gasteiger partial charge in [0.2, 0.25) is 0 Å². The summed E-state index contributed by atoms with van der Waals surface area (Å²) in [5, 5.41) is 15.4. The highest BCUT2D eigenvalue weighted by Crippen LogP contribution is 2.25. The molecule has 2 rings (SSSR count). The molecule has 1 heterocycles. The third-order valence-corrected chi connectivity index (χ3v) is 4.64. The average Bonchev–Trinajstić information content (AvgIpc) is 3.04. The quantitative estimate of drug-likeness (QED) is 0.772. The Kier molecular flexibility index (Phi) is 4.94. The summed E-state index contributed by atoms with van der Waals surface area (Å²) in [4.78, 5) is 28.2. The summed E-state index contributed by atoms with van der Waals surface area (Å²) in [6.07, 6.45) is 4.95. The number of amides is 2. The maximum absolute atomic E-state index is 11.8. The zero-order chi connectivity index (χ0) is 14.5. The number of hydrogen-bond acceptors (Lipinski definition) is 4. The molecule has 0 aromatic carbocycles. The van der Waals surface area contributed by atoms with Crippen molar-refractivity contribution >= 4 is 23.3 Å². The van der Waals surface area contributed by atoms with Crippen LogP contribution < -0.4 is 10.6 Å². The average molecular weight is 297 g/mol. The van der Waals surface area contributed by atoms with Crippen LogP contribution in [0.15, 0.2) is 6.20 Å². The van der Waals surface area contributed by atoms with E-state index in [-0.39, 0.29) is 12.1 Å². The van der Waals surface area contributed by atoms with E-state index in [1.54, 1.807) is 11.3 Å². The normalized spacial score (nSPS) is 21.6. The molecule has 0 aliphatic heterocycles. The van der Waals surface area contributed by atoms with E-state index >= 15 is 0 Å². The van der Waals surface area contributed by atoms with E-state index in [9.17, 15) is 9.59 Å². The summed E-state index contributed by atoms with van der Waals surface area (Å²) >= 11 is 1.58. The van der Waals surface area contributed by atoms with Crippen LogP contribution in [0.25, 0.3) is 0 Å². The Hall–Kier alpha value is -1.63. The Balaban J connectivity index is 1.79. The second kappa shape index (κ2) is 6.69. The molecule has 0 saturated heterocycles. The lowest BCUT2D eigenvalue weighted by Gasteiger charge is -2.17. The Labute approximate surface area is 121 Å². The van der Waals surface area contributed by atoms with E-state index in [0.29, 0.717) is 13.0 Å². The number of hydrogen-bond donors (Lipinski definition) is 3. The van der Waals surface area contributed by atoms with E-state index in [2.05, 4.69) is 22.5 Å². The number of carbonyl (C=O) groups is 2. The summed E-state index contributed by atoms with van der Waals surface area (Å²) in [5.41, 5.74) is 0. The molecule has 1 saturated carbocycles. The van der Waals surface area contributed by atoms with Gasteiger partial charge in [0.1, 0.15) is 5.01 Å². The topological polar surface area (TPSA) is 91.3 Å².